The zero-order chi connectivity index (χ0) is 20.3. The Morgan fingerprint density at radius 3 is 2.54 bits per heavy atom. The Balaban J connectivity index is 1.75. The van der Waals surface area contributed by atoms with Crippen molar-refractivity contribution in [2.45, 2.75) is 38.0 Å². The number of hydrogen-bond acceptors (Lipinski definition) is 4. The van der Waals surface area contributed by atoms with Gasteiger partial charge in [-0.25, -0.2) is 0 Å². The number of rotatable bonds is 6. The molecule has 2 N–H and O–H groups in total. The van der Waals surface area contributed by atoms with Crippen molar-refractivity contribution >= 4 is 11.7 Å². The van der Waals surface area contributed by atoms with E-state index >= 15 is 0 Å². The highest BCUT2D eigenvalue weighted by atomic mass is 19.4. The molecule has 0 bridgehead atoms. The average molecular weight is 392 g/mol. The van der Waals surface area contributed by atoms with Crippen LogP contribution in [0.1, 0.15) is 30.4 Å². The molecule has 0 aromatic heterocycles. The highest BCUT2D eigenvalue weighted by Crippen LogP contribution is 2.38. The van der Waals surface area contributed by atoms with Gasteiger partial charge >= 0.3 is 12.1 Å². The molecular formula is C20H19F3N2O3. The van der Waals surface area contributed by atoms with Crippen LogP contribution in [0.3, 0.4) is 0 Å². The van der Waals surface area contributed by atoms with E-state index in [9.17, 15) is 22.9 Å². The Morgan fingerprint density at radius 2 is 1.89 bits per heavy atom. The molecule has 1 aliphatic carbocycles. The van der Waals surface area contributed by atoms with Gasteiger partial charge in [-0.2, -0.15) is 13.2 Å². The van der Waals surface area contributed by atoms with Gasteiger partial charge in [0.05, 0.1) is 11.5 Å². The van der Waals surface area contributed by atoms with Gasteiger partial charge in [-0.15, -0.1) is 4.91 Å². The quantitative estimate of drug-likeness (QED) is 0.670. The summed E-state index contributed by atoms with van der Waals surface area (Å²) in [6, 6.07) is 10.6. The van der Waals surface area contributed by atoms with Crippen molar-refractivity contribution in [3.05, 3.63) is 58.5 Å². The van der Waals surface area contributed by atoms with Crippen LogP contribution in [0, 0.1) is 10.8 Å². The van der Waals surface area contributed by atoms with E-state index in [-0.39, 0.29) is 12.0 Å². The monoisotopic (exact) mass is 392 g/mol. The van der Waals surface area contributed by atoms with Crippen LogP contribution in [-0.4, -0.2) is 17.1 Å². The molecule has 0 saturated heterocycles. The van der Waals surface area contributed by atoms with Crippen molar-refractivity contribution in [1.82, 2.24) is 5.32 Å². The van der Waals surface area contributed by atoms with Gasteiger partial charge in [0.25, 0.3) is 0 Å². The van der Waals surface area contributed by atoms with Gasteiger partial charge in [0.2, 0.25) is 0 Å². The summed E-state index contributed by atoms with van der Waals surface area (Å²) in [5, 5.41) is 14.8. The fraction of sp³-hybridized carbons (Fsp3) is 0.350. The number of nitrogens with zero attached hydrogens (tertiary/aromatic N) is 1. The van der Waals surface area contributed by atoms with E-state index in [4.69, 9.17) is 5.11 Å². The SMILES string of the molecule is O=Nc1ccc(-c2cccc(CNC3CCC(C(=O)O)C3)c2)cc1C(F)(F)F. The number of nitroso groups, excluding NO2 is 1. The maximum atomic E-state index is 13.1. The number of alkyl halides is 3. The zero-order valence-corrected chi connectivity index (χ0v) is 14.9. The summed E-state index contributed by atoms with van der Waals surface area (Å²) in [7, 11) is 0. The second kappa shape index (κ2) is 8.10. The Kier molecular flexibility index (Phi) is 5.79. The number of halogens is 3. The van der Waals surface area contributed by atoms with Crippen molar-refractivity contribution < 1.29 is 23.1 Å². The Hall–Kier alpha value is -2.74. The maximum absolute atomic E-state index is 13.1. The van der Waals surface area contributed by atoms with Crippen LogP contribution in [0.15, 0.2) is 47.6 Å². The number of carboxylic acids is 1. The molecule has 8 heteroatoms. The van der Waals surface area contributed by atoms with Gasteiger partial charge in [-0.3, -0.25) is 4.79 Å². The molecular weight excluding hydrogens is 373 g/mol. The van der Waals surface area contributed by atoms with Crippen molar-refractivity contribution in [3.63, 3.8) is 0 Å². The third-order valence-corrected chi connectivity index (χ3v) is 5.04. The largest absolute Gasteiger partial charge is 0.481 e. The Morgan fingerprint density at radius 1 is 1.14 bits per heavy atom. The summed E-state index contributed by atoms with van der Waals surface area (Å²) >= 11 is 0. The number of benzene rings is 2. The summed E-state index contributed by atoms with van der Waals surface area (Å²) in [5.74, 6) is -1.10. The molecule has 5 nitrogen and oxygen atoms in total. The number of aliphatic carboxylic acids is 1. The summed E-state index contributed by atoms with van der Waals surface area (Å²) in [5.41, 5.74) is 0.116. The minimum absolute atomic E-state index is 0.111. The minimum atomic E-state index is -4.67. The molecule has 28 heavy (non-hydrogen) atoms. The standard InChI is InChI=1S/C20H19F3N2O3/c21-20(22,23)17-10-14(5-7-18(17)25-28)13-3-1-2-12(8-13)11-24-16-6-4-15(9-16)19(26)27/h1-3,5,7-8,10,15-16,24H,4,6,9,11H2,(H,26,27). The summed E-state index contributed by atoms with van der Waals surface area (Å²) in [4.78, 5) is 21.7. The van der Waals surface area contributed by atoms with Crippen molar-refractivity contribution in [3.8, 4) is 11.1 Å². The minimum Gasteiger partial charge on any atom is -0.481 e. The molecule has 0 spiro atoms. The van der Waals surface area contributed by atoms with Gasteiger partial charge in [0.1, 0.15) is 5.69 Å². The van der Waals surface area contributed by atoms with Crippen LogP contribution >= 0.6 is 0 Å². The van der Waals surface area contributed by atoms with Crippen molar-refractivity contribution in [1.29, 1.82) is 0 Å². The fourth-order valence-electron chi connectivity index (χ4n) is 3.54. The number of nitrogens with one attached hydrogen (secondary N) is 1. The normalized spacial score (nSPS) is 19.5. The lowest BCUT2D eigenvalue weighted by atomic mass is 9.99. The van der Waals surface area contributed by atoms with Crippen molar-refractivity contribution in [2.75, 3.05) is 0 Å². The molecule has 2 aromatic rings. The highest BCUT2D eigenvalue weighted by molar-refractivity contribution is 5.70. The van der Waals surface area contributed by atoms with Crippen LogP contribution in [-0.2, 0) is 17.5 Å². The van der Waals surface area contributed by atoms with Crippen LogP contribution in [0.25, 0.3) is 11.1 Å². The zero-order valence-electron chi connectivity index (χ0n) is 14.9. The Bertz CT molecular complexity index is 883. The summed E-state index contributed by atoms with van der Waals surface area (Å²) in [6.07, 6.45) is -2.66. The van der Waals surface area contributed by atoms with E-state index in [0.29, 0.717) is 30.5 Å². The molecule has 2 atom stereocenters. The molecule has 148 valence electrons. The first kappa shape index (κ1) is 20.0. The Labute approximate surface area is 159 Å². The lowest BCUT2D eigenvalue weighted by Crippen LogP contribution is -2.26. The average Bonchev–Trinajstić information content (AvgIpc) is 3.15. The number of hydrogen-bond donors (Lipinski definition) is 2. The van der Waals surface area contributed by atoms with E-state index in [0.717, 1.165) is 24.1 Å². The molecule has 2 aromatic carbocycles. The van der Waals surface area contributed by atoms with Crippen LogP contribution in [0.4, 0.5) is 18.9 Å². The second-order valence-electron chi connectivity index (χ2n) is 6.95. The molecule has 1 fully saturated rings. The van der Waals surface area contributed by atoms with Crippen LogP contribution < -0.4 is 5.32 Å². The summed E-state index contributed by atoms with van der Waals surface area (Å²) in [6.45, 7) is 0.491. The molecule has 0 heterocycles. The molecule has 0 aliphatic heterocycles. The van der Waals surface area contributed by atoms with Gasteiger partial charge < -0.3 is 10.4 Å². The third kappa shape index (κ3) is 4.56. The van der Waals surface area contributed by atoms with E-state index in [1.165, 1.54) is 6.07 Å². The second-order valence-corrected chi connectivity index (χ2v) is 6.95. The first-order chi connectivity index (χ1) is 13.3. The fourth-order valence-corrected chi connectivity index (χ4v) is 3.54. The van der Waals surface area contributed by atoms with Crippen LogP contribution in [0.2, 0.25) is 0 Å². The van der Waals surface area contributed by atoms with E-state index in [2.05, 4.69) is 10.5 Å². The highest BCUT2D eigenvalue weighted by Gasteiger charge is 2.34. The van der Waals surface area contributed by atoms with Gasteiger partial charge in [0, 0.05) is 12.6 Å². The molecule has 0 amide bonds. The number of carboxylic acid groups (broad SMARTS) is 1. The van der Waals surface area contributed by atoms with E-state index in [1.807, 2.05) is 6.07 Å². The van der Waals surface area contributed by atoms with Crippen molar-refractivity contribution in [2.24, 2.45) is 11.1 Å². The van der Waals surface area contributed by atoms with Gasteiger partial charge in [0.15, 0.2) is 0 Å². The smallest absolute Gasteiger partial charge is 0.418 e. The predicted molar refractivity (Wildman–Crippen MR) is 97.9 cm³/mol. The molecule has 1 aliphatic rings. The number of carbonyl (C=O) groups is 1. The molecule has 1 saturated carbocycles. The summed E-state index contributed by atoms with van der Waals surface area (Å²) < 4.78 is 39.4. The molecule has 3 rings (SSSR count). The molecule has 0 radical (unpaired) electrons. The molecule has 2 unspecified atom stereocenters. The third-order valence-electron chi connectivity index (χ3n) is 5.04. The topological polar surface area (TPSA) is 78.8 Å². The van der Waals surface area contributed by atoms with Gasteiger partial charge in [-0.1, -0.05) is 24.3 Å². The van der Waals surface area contributed by atoms with E-state index < -0.39 is 23.4 Å². The lowest BCUT2D eigenvalue weighted by molar-refractivity contribution is -0.141. The van der Waals surface area contributed by atoms with Crippen LogP contribution in [0.5, 0.6) is 0 Å². The van der Waals surface area contributed by atoms with Gasteiger partial charge in [-0.05, 0) is 59.3 Å². The van der Waals surface area contributed by atoms with E-state index in [1.54, 1.807) is 18.2 Å². The lowest BCUT2D eigenvalue weighted by Gasteiger charge is -2.14. The first-order valence-corrected chi connectivity index (χ1v) is 8.88. The predicted octanol–water partition coefficient (Wildman–Crippen LogP) is 5.11. The maximum Gasteiger partial charge on any atom is 0.418 e. The first-order valence-electron chi connectivity index (χ1n) is 8.88.